The summed E-state index contributed by atoms with van der Waals surface area (Å²) in [5.74, 6) is 0.134. The summed E-state index contributed by atoms with van der Waals surface area (Å²) in [6.07, 6.45) is 0. The second-order valence-electron chi connectivity index (χ2n) is 9.60. The molecule has 0 saturated heterocycles. The molecular formula is C30H30BrFO2Si. The molecule has 0 bridgehead atoms. The van der Waals surface area contributed by atoms with Crippen LogP contribution >= 0.6 is 15.9 Å². The van der Waals surface area contributed by atoms with Crippen molar-refractivity contribution < 1.29 is 13.6 Å². The molecule has 0 unspecified atom stereocenters. The summed E-state index contributed by atoms with van der Waals surface area (Å²) >= 11 is 3.57. The average Bonchev–Trinajstić information content (AvgIpc) is 2.86. The molecule has 0 atom stereocenters. The van der Waals surface area contributed by atoms with Crippen LogP contribution < -0.4 is 15.1 Å². The number of rotatable bonds is 8. The minimum Gasteiger partial charge on any atom is -0.488 e. The Morgan fingerprint density at radius 3 is 1.77 bits per heavy atom. The third kappa shape index (κ3) is 5.58. The van der Waals surface area contributed by atoms with Crippen LogP contribution in [0.3, 0.4) is 0 Å². The Hall–Kier alpha value is -2.73. The third-order valence-corrected chi connectivity index (χ3v) is 11.8. The lowest BCUT2D eigenvalue weighted by Crippen LogP contribution is -2.66. The van der Waals surface area contributed by atoms with Gasteiger partial charge in [0.25, 0.3) is 8.32 Å². The Bertz CT molecular complexity index is 1200. The summed E-state index contributed by atoms with van der Waals surface area (Å²) in [6, 6.07) is 33.8. The molecule has 0 aliphatic heterocycles. The lowest BCUT2D eigenvalue weighted by molar-refractivity contribution is 0.278. The zero-order valence-electron chi connectivity index (χ0n) is 20.3. The molecule has 5 heteroatoms. The van der Waals surface area contributed by atoms with Gasteiger partial charge in [0, 0.05) is 11.6 Å². The quantitative estimate of drug-likeness (QED) is 0.216. The van der Waals surface area contributed by atoms with Gasteiger partial charge >= 0.3 is 0 Å². The molecule has 180 valence electrons. The van der Waals surface area contributed by atoms with E-state index in [4.69, 9.17) is 9.16 Å². The maximum atomic E-state index is 15.3. The molecule has 0 N–H and O–H groups in total. The second kappa shape index (κ2) is 10.9. The Morgan fingerprint density at radius 2 is 1.26 bits per heavy atom. The van der Waals surface area contributed by atoms with Crippen LogP contribution in [0.25, 0.3) is 0 Å². The summed E-state index contributed by atoms with van der Waals surface area (Å²) < 4.78 is 28.7. The Labute approximate surface area is 217 Å². The normalized spacial score (nSPS) is 11.9. The molecule has 35 heavy (non-hydrogen) atoms. The molecule has 0 aliphatic carbocycles. The van der Waals surface area contributed by atoms with Crippen molar-refractivity contribution in [3.05, 3.63) is 125 Å². The number of benzene rings is 4. The van der Waals surface area contributed by atoms with Crippen molar-refractivity contribution in [3.8, 4) is 5.75 Å². The van der Waals surface area contributed by atoms with Crippen molar-refractivity contribution in [2.24, 2.45) is 0 Å². The highest BCUT2D eigenvalue weighted by Gasteiger charge is 2.50. The van der Waals surface area contributed by atoms with Crippen LogP contribution in [0.1, 0.15) is 31.9 Å². The van der Waals surface area contributed by atoms with E-state index in [1.165, 1.54) is 16.4 Å². The molecule has 0 amide bonds. The molecule has 0 spiro atoms. The zero-order chi connectivity index (χ0) is 24.9. The van der Waals surface area contributed by atoms with Gasteiger partial charge in [-0.1, -0.05) is 112 Å². The van der Waals surface area contributed by atoms with E-state index in [0.29, 0.717) is 22.4 Å². The van der Waals surface area contributed by atoms with Gasteiger partial charge in [-0.15, -0.1) is 0 Å². The Kier molecular flexibility index (Phi) is 7.90. The maximum absolute atomic E-state index is 15.3. The van der Waals surface area contributed by atoms with Crippen molar-refractivity contribution in [3.63, 3.8) is 0 Å². The van der Waals surface area contributed by atoms with Gasteiger partial charge in [-0.2, -0.15) is 0 Å². The Balaban J connectivity index is 1.65. The first-order valence-electron chi connectivity index (χ1n) is 11.7. The van der Waals surface area contributed by atoms with Crippen LogP contribution in [0, 0.1) is 5.82 Å². The fourth-order valence-electron chi connectivity index (χ4n) is 4.47. The highest BCUT2D eigenvalue weighted by molar-refractivity contribution is 9.10. The van der Waals surface area contributed by atoms with Gasteiger partial charge in [0.1, 0.15) is 18.2 Å². The average molecular weight is 550 g/mol. The summed E-state index contributed by atoms with van der Waals surface area (Å²) in [7, 11) is -2.76. The van der Waals surface area contributed by atoms with E-state index in [2.05, 4.69) is 61.0 Å². The lowest BCUT2D eigenvalue weighted by Gasteiger charge is -2.43. The molecule has 4 aromatic rings. The predicted molar refractivity (Wildman–Crippen MR) is 147 cm³/mol. The van der Waals surface area contributed by atoms with Gasteiger partial charge in [0.05, 0.1) is 11.1 Å². The van der Waals surface area contributed by atoms with E-state index in [1.54, 1.807) is 6.07 Å². The largest absolute Gasteiger partial charge is 0.488 e. The number of ether oxygens (including phenoxy) is 1. The van der Waals surface area contributed by atoms with Crippen molar-refractivity contribution in [1.29, 1.82) is 0 Å². The van der Waals surface area contributed by atoms with Crippen LogP contribution in [0.4, 0.5) is 4.39 Å². The van der Waals surface area contributed by atoms with E-state index >= 15 is 4.39 Å². The van der Waals surface area contributed by atoms with Crippen molar-refractivity contribution in [2.45, 2.75) is 39.0 Å². The fourth-order valence-corrected chi connectivity index (χ4v) is 9.51. The van der Waals surface area contributed by atoms with Crippen LogP contribution in [0.2, 0.25) is 5.04 Å². The molecule has 2 nitrogen and oxygen atoms in total. The molecule has 0 aromatic heterocycles. The highest BCUT2D eigenvalue weighted by Crippen LogP contribution is 2.38. The summed E-state index contributed by atoms with van der Waals surface area (Å²) in [5, 5.41) is 2.16. The zero-order valence-corrected chi connectivity index (χ0v) is 22.9. The van der Waals surface area contributed by atoms with Gasteiger partial charge in [0.15, 0.2) is 0 Å². The molecule has 0 saturated carbocycles. The SMILES string of the molecule is CC(C)(C)[Si](OCc1cc(Br)c(OCc2ccccc2)cc1F)(c1ccccc1)c1ccccc1. The van der Waals surface area contributed by atoms with E-state index in [1.807, 2.05) is 66.7 Å². The first-order chi connectivity index (χ1) is 16.8. The minimum atomic E-state index is -2.76. The molecule has 4 aromatic carbocycles. The third-order valence-electron chi connectivity index (χ3n) is 6.20. The van der Waals surface area contributed by atoms with Gasteiger partial charge < -0.3 is 9.16 Å². The van der Waals surface area contributed by atoms with E-state index in [9.17, 15) is 0 Å². The number of halogens is 2. The van der Waals surface area contributed by atoms with Crippen LogP contribution in [0.5, 0.6) is 5.75 Å². The summed E-state index contributed by atoms with van der Waals surface area (Å²) in [5.41, 5.74) is 1.52. The van der Waals surface area contributed by atoms with Crippen LogP contribution in [-0.2, 0) is 17.6 Å². The second-order valence-corrected chi connectivity index (χ2v) is 14.8. The van der Waals surface area contributed by atoms with Crippen molar-refractivity contribution in [1.82, 2.24) is 0 Å². The Morgan fingerprint density at radius 1 is 0.743 bits per heavy atom. The van der Waals surface area contributed by atoms with Gasteiger partial charge in [-0.3, -0.25) is 0 Å². The monoisotopic (exact) mass is 548 g/mol. The first kappa shape index (κ1) is 25.4. The predicted octanol–water partition coefficient (Wildman–Crippen LogP) is 7.24. The van der Waals surface area contributed by atoms with E-state index in [-0.39, 0.29) is 17.5 Å². The van der Waals surface area contributed by atoms with E-state index in [0.717, 1.165) is 5.56 Å². The van der Waals surface area contributed by atoms with Gasteiger partial charge in [-0.05, 0) is 43.0 Å². The van der Waals surface area contributed by atoms with Crippen molar-refractivity contribution in [2.75, 3.05) is 0 Å². The standard InChI is InChI=1S/C30H30BrFO2Si/c1-30(2,3)35(25-15-9-5-10-16-25,26-17-11-6-12-18-26)34-22-24-19-27(31)29(20-28(24)32)33-21-23-13-7-4-8-14-23/h4-20H,21-22H2,1-3H3. The summed E-state index contributed by atoms with van der Waals surface area (Å²) in [6.45, 7) is 7.18. The molecule has 0 fully saturated rings. The number of hydrogen-bond donors (Lipinski definition) is 0. The molecular weight excluding hydrogens is 519 g/mol. The molecule has 4 rings (SSSR count). The van der Waals surface area contributed by atoms with Crippen LogP contribution in [0.15, 0.2) is 108 Å². The lowest BCUT2D eigenvalue weighted by atomic mass is 10.2. The first-order valence-corrected chi connectivity index (χ1v) is 14.4. The molecule has 0 aliphatic rings. The highest BCUT2D eigenvalue weighted by atomic mass is 79.9. The van der Waals surface area contributed by atoms with Crippen LogP contribution in [-0.4, -0.2) is 8.32 Å². The smallest absolute Gasteiger partial charge is 0.261 e. The maximum Gasteiger partial charge on any atom is 0.261 e. The molecule has 0 heterocycles. The van der Waals surface area contributed by atoms with E-state index < -0.39 is 8.32 Å². The summed E-state index contributed by atoms with van der Waals surface area (Å²) in [4.78, 5) is 0. The number of hydrogen-bond acceptors (Lipinski definition) is 2. The minimum absolute atomic E-state index is 0.163. The topological polar surface area (TPSA) is 18.5 Å². The molecule has 0 radical (unpaired) electrons. The van der Waals surface area contributed by atoms with Gasteiger partial charge in [0.2, 0.25) is 0 Å². The fraction of sp³-hybridized carbons (Fsp3) is 0.200. The van der Waals surface area contributed by atoms with Gasteiger partial charge in [-0.25, -0.2) is 4.39 Å². The van der Waals surface area contributed by atoms with Crippen molar-refractivity contribution >= 4 is 34.6 Å².